The van der Waals surface area contributed by atoms with Gasteiger partial charge in [-0.25, -0.2) is 9.97 Å². The molecule has 0 radical (unpaired) electrons. The van der Waals surface area contributed by atoms with Crippen LogP contribution in [0.4, 0.5) is 0 Å². The van der Waals surface area contributed by atoms with Gasteiger partial charge >= 0.3 is 0 Å². The summed E-state index contributed by atoms with van der Waals surface area (Å²) >= 11 is 0. The van der Waals surface area contributed by atoms with Crippen LogP contribution in [-0.4, -0.2) is 26.6 Å². The SMILES string of the molecule is Cc1nc(-c2ccccc2)nc2c1C(=O)C(=O)C=C2O. The van der Waals surface area contributed by atoms with Crippen LogP contribution in [0.3, 0.4) is 0 Å². The number of hydrogen-bond donors (Lipinski definition) is 1. The van der Waals surface area contributed by atoms with Gasteiger partial charge in [0.05, 0.1) is 11.3 Å². The van der Waals surface area contributed by atoms with E-state index in [2.05, 4.69) is 9.97 Å². The molecule has 0 saturated heterocycles. The number of aryl methyl sites for hydroxylation is 1. The van der Waals surface area contributed by atoms with Gasteiger partial charge in [-0.05, 0) is 6.92 Å². The van der Waals surface area contributed by atoms with Crippen molar-refractivity contribution in [3.05, 3.63) is 53.4 Å². The molecule has 0 fully saturated rings. The lowest BCUT2D eigenvalue weighted by atomic mass is 9.96. The molecule has 1 N–H and O–H groups in total. The number of fused-ring (bicyclic) bond motifs is 1. The van der Waals surface area contributed by atoms with Crippen molar-refractivity contribution in [3.63, 3.8) is 0 Å². The average molecular weight is 266 g/mol. The Hall–Kier alpha value is -2.82. The summed E-state index contributed by atoms with van der Waals surface area (Å²) in [7, 11) is 0. The zero-order valence-electron chi connectivity index (χ0n) is 10.6. The van der Waals surface area contributed by atoms with Gasteiger partial charge in [0.1, 0.15) is 11.5 Å². The Balaban J connectivity index is 2.25. The highest BCUT2D eigenvalue weighted by Crippen LogP contribution is 2.26. The number of allylic oxidation sites excluding steroid dienone is 1. The van der Waals surface area contributed by atoms with Crippen molar-refractivity contribution in [2.75, 3.05) is 0 Å². The van der Waals surface area contributed by atoms with E-state index < -0.39 is 11.6 Å². The topological polar surface area (TPSA) is 80.2 Å². The Labute approximate surface area is 114 Å². The van der Waals surface area contributed by atoms with E-state index in [1.165, 1.54) is 0 Å². The number of nitrogens with zero attached hydrogens (tertiary/aromatic N) is 2. The molecule has 0 unspecified atom stereocenters. The van der Waals surface area contributed by atoms with Crippen molar-refractivity contribution in [1.29, 1.82) is 0 Å². The molecule has 0 amide bonds. The molecule has 20 heavy (non-hydrogen) atoms. The largest absolute Gasteiger partial charge is 0.506 e. The second-order valence-electron chi connectivity index (χ2n) is 4.45. The average Bonchev–Trinajstić information content (AvgIpc) is 2.45. The fraction of sp³-hybridized carbons (Fsp3) is 0.0667. The molecule has 0 spiro atoms. The number of carbonyl (C=O) groups is 2. The molecule has 0 atom stereocenters. The van der Waals surface area contributed by atoms with Crippen LogP contribution in [0.1, 0.15) is 21.7 Å². The van der Waals surface area contributed by atoms with E-state index in [4.69, 9.17) is 0 Å². The lowest BCUT2D eigenvalue weighted by Crippen LogP contribution is -2.22. The molecule has 1 heterocycles. The first-order valence-corrected chi connectivity index (χ1v) is 6.01. The van der Waals surface area contributed by atoms with E-state index in [0.29, 0.717) is 11.5 Å². The Bertz CT molecular complexity index is 764. The summed E-state index contributed by atoms with van der Waals surface area (Å²) in [4.78, 5) is 31.7. The molecule has 0 saturated carbocycles. The molecular formula is C15H10N2O3. The summed E-state index contributed by atoms with van der Waals surface area (Å²) in [6, 6.07) is 9.22. The fourth-order valence-electron chi connectivity index (χ4n) is 2.13. The normalized spacial score (nSPS) is 13.9. The smallest absolute Gasteiger partial charge is 0.237 e. The monoisotopic (exact) mass is 266 g/mol. The summed E-state index contributed by atoms with van der Waals surface area (Å²) in [6.45, 7) is 1.62. The number of aliphatic hydroxyl groups excluding tert-OH is 1. The minimum Gasteiger partial charge on any atom is -0.506 e. The number of aliphatic hydroxyl groups is 1. The number of hydrogen-bond acceptors (Lipinski definition) is 5. The van der Waals surface area contributed by atoms with E-state index in [0.717, 1.165) is 11.6 Å². The molecule has 3 rings (SSSR count). The third-order valence-corrected chi connectivity index (χ3v) is 3.08. The highest BCUT2D eigenvalue weighted by atomic mass is 16.3. The van der Waals surface area contributed by atoms with Gasteiger partial charge < -0.3 is 5.11 Å². The second-order valence-corrected chi connectivity index (χ2v) is 4.45. The highest BCUT2D eigenvalue weighted by molar-refractivity contribution is 6.50. The lowest BCUT2D eigenvalue weighted by molar-refractivity contribution is -0.111. The molecule has 1 aromatic heterocycles. The van der Waals surface area contributed by atoms with Crippen LogP contribution in [0, 0.1) is 6.92 Å². The Morgan fingerprint density at radius 3 is 2.45 bits per heavy atom. The molecule has 1 aliphatic carbocycles. The van der Waals surface area contributed by atoms with Crippen molar-refractivity contribution < 1.29 is 14.7 Å². The molecule has 5 heteroatoms. The summed E-state index contributed by atoms with van der Waals surface area (Å²) in [5.41, 5.74) is 1.35. The summed E-state index contributed by atoms with van der Waals surface area (Å²) in [5.74, 6) is -1.33. The van der Waals surface area contributed by atoms with Gasteiger partial charge in [-0.2, -0.15) is 0 Å². The number of carbonyl (C=O) groups excluding carboxylic acids is 2. The van der Waals surface area contributed by atoms with Crippen LogP contribution < -0.4 is 0 Å². The van der Waals surface area contributed by atoms with Crippen LogP contribution >= 0.6 is 0 Å². The standard InChI is InChI=1S/C15H10N2O3/c1-8-12-13(10(18)7-11(19)14(12)20)17-15(16-8)9-5-3-2-4-6-9/h2-7,18H,1H3. The fourth-order valence-corrected chi connectivity index (χ4v) is 2.13. The van der Waals surface area contributed by atoms with Crippen molar-refractivity contribution >= 4 is 17.3 Å². The third-order valence-electron chi connectivity index (χ3n) is 3.08. The molecule has 2 aromatic rings. The molecule has 5 nitrogen and oxygen atoms in total. The predicted molar refractivity (Wildman–Crippen MR) is 72.1 cm³/mol. The first-order chi connectivity index (χ1) is 9.58. The number of ketones is 2. The van der Waals surface area contributed by atoms with Gasteiger partial charge in [0, 0.05) is 11.6 Å². The number of benzene rings is 1. The van der Waals surface area contributed by atoms with Crippen molar-refractivity contribution in [2.24, 2.45) is 0 Å². The number of Topliss-reactive ketones (excluding diaryl/α,β-unsaturated/α-hetero) is 1. The van der Waals surface area contributed by atoms with Gasteiger partial charge in [0.2, 0.25) is 11.6 Å². The van der Waals surface area contributed by atoms with Crippen LogP contribution in [0.5, 0.6) is 0 Å². The first-order valence-electron chi connectivity index (χ1n) is 6.01. The molecule has 0 aliphatic heterocycles. The van der Waals surface area contributed by atoms with Gasteiger partial charge in [-0.1, -0.05) is 30.3 Å². The minimum absolute atomic E-state index is 0.0784. The Morgan fingerprint density at radius 2 is 1.75 bits per heavy atom. The van der Waals surface area contributed by atoms with Gasteiger partial charge in [0.15, 0.2) is 5.82 Å². The zero-order valence-corrected chi connectivity index (χ0v) is 10.6. The summed E-state index contributed by atoms with van der Waals surface area (Å²) in [5, 5.41) is 9.84. The molecule has 0 bridgehead atoms. The maximum absolute atomic E-state index is 11.8. The second kappa shape index (κ2) is 4.38. The van der Waals surface area contributed by atoms with Gasteiger partial charge in [-0.15, -0.1) is 0 Å². The first kappa shape index (κ1) is 12.2. The van der Waals surface area contributed by atoms with Crippen molar-refractivity contribution in [2.45, 2.75) is 6.92 Å². The van der Waals surface area contributed by atoms with E-state index in [-0.39, 0.29) is 17.0 Å². The van der Waals surface area contributed by atoms with Gasteiger partial charge in [-0.3, -0.25) is 9.59 Å². The quantitative estimate of drug-likeness (QED) is 0.799. The van der Waals surface area contributed by atoms with Gasteiger partial charge in [0.25, 0.3) is 0 Å². The van der Waals surface area contributed by atoms with Crippen LogP contribution in [0.15, 0.2) is 36.4 Å². The molecular weight excluding hydrogens is 256 g/mol. The molecule has 1 aliphatic rings. The Morgan fingerprint density at radius 1 is 1.05 bits per heavy atom. The maximum Gasteiger partial charge on any atom is 0.237 e. The van der Waals surface area contributed by atoms with Crippen LogP contribution in [-0.2, 0) is 4.79 Å². The van der Waals surface area contributed by atoms with E-state index in [1.807, 2.05) is 30.3 Å². The van der Waals surface area contributed by atoms with Crippen molar-refractivity contribution in [1.82, 2.24) is 9.97 Å². The van der Waals surface area contributed by atoms with Crippen molar-refractivity contribution in [3.8, 4) is 11.4 Å². The van der Waals surface area contributed by atoms with E-state index in [1.54, 1.807) is 6.92 Å². The third kappa shape index (κ3) is 1.80. The van der Waals surface area contributed by atoms with Crippen LogP contribution in [0.2, 0.25) is 0 Å². The molecule has 1 aromatic carbocycles. The van der Waals surface area contributed by atoms with E-state index in [9.17, 15) is 14.7 Å². The lowest BCUT2D eigenvalue weighted by Gasteiger charge is -2.14. The highest BCUT2D eigenvalue weighted by Gasteiger charge is 2.30. The number of aromatic nitrogens is 2. The zero-order chi connectivity index (χ0) is 14.3. The Kier molecular flexibility index (Phi) is 2.68. The van der Waals surface area contributed by atoms with E-state index >= 15 is 0 Å². The van der Waals surface area contributed by atoms with Crippen LogP contribution in [0.25, 0.3) is 17.1 Å². The minimum atomic E-state index is -0.755. The summed E-state index contributed by atoms with van der Waals surface area (Å²) < 4.78 is 0. The number of rotatable bonds is 1. The predicted octanol–water partition coefficient (Wildman–Crippen LogP) is 2.12. The summed E-state index contributed by atoms with van der Waals surface area (Å²) in [6.07, 6.45) is 0.895. The maximum atomic E-state index is 11.8. The molecule has 98 valence electrons.